The van der Waals surface area contributed by atoms with Crippen molar-refractivity contribution in [2.45, 2.75) is 13.1 Å². The first kappa shape index (κ1) is 21.2. The molecule has 8 heteroatoms. The van der Waals surface area contributed by atoms with E-state index in [2.05, 4.69) is 5.32 Å². The van der Waals surface area contributed by atoms with Crippen molar-refractivity contribution in [2.24, 2.45) is 0 Å². The minimum absolute atomic E-state index is 0.119. The van der Waals surface area contributed by atoms with Crippen LogP contribution in [0.5, 0.6) is 0 Å². The van der Waals surface area contributed by atoms with Gasteiger partial charge in [-0.25, -0.2) is 0 Å². The summed E-state index contributed by atoms with van der Waals surface area (Å²) >= 11 is 7.12. The number of carbonyl (C=O) groups is 2. The van der Waals surface area contributed by atoms with Crippen molar-refractivity contribution in [3.05, 3.63) is 115 Å². The fourth-order valence-corrected chi connectivity index (χ4v) is 4.88. The van der Waals surface area contributed by atoms with Crippen LogP contribution in [-0.4, -0.2) is 21.3 Å². The van der Waals surface area contributed by atoms with Gasteiger partial charge in [-0.3, -0.25) is 19.0 Å². The summed E-state index contributed by atoms with van der Waals surface area (Å²) in [6.45, 7) is 0.828. The molecular weight excluding hydrogens is 458 g/mol. The Balaban J connectivity index is 1.37. The van der Waals surface area contributed by atoms with E-state index in [-0.39, 0.29) is 17.4 Å². The molecule has 0 saturated heterocycles. The maximum atomic E-state index is 13.3. The van der Waals surface area contributed by atoms with Gasteiger partial charge in [-0.2, -0.15) is 0 Å². The predicted octanol–water partition coefficient (Wildman–Crippen LogP) is 4.96. The van der Waals surface area contributed by atoms with E-state index in [4.69, 9.17) is 11.6 Å². The molecular formula is C25H18ClN3O3S. The molecule has 0 saturated carbocycles. The summed E-state index contributed by atoms with van der Waals surface area (Å²) in [5.41, 5.74) is 3.38. The van der Waals surface area contributed by atoms with Gasteiger partial charge in [0.15, 0.2) is 0 Å². The van der Waals surface area contributed by atoms with Crippen molar-refractivity contribution >= 4 is 40.4 Å². The number of pyridine rings is 1. The van der Waals surface area contributed by atoms with Crippen LogP contribution in [0.4, 0.5) is 5.69 Å². The number of benzene rings is 2. The van der Waals surface area contributed by atoms with Crippen LogP contribution in [0.25, 0.3) is 5.69 Å². The van der Waals surface area contributed by atoms with Crippen LogP contribution in [0.2, 0.25) is 4.34 Å². The minimum atomic E-state index is -0.299. The highest BCUT2D eigenvalue weighted by atomic mass is 35.5. The Hall–Kier alpha value is -3.68. The Kier molecular flexibility index (Phi) is 5.58. The first-order chi connectivity index (χ1) is 16.0. The Morgan fingerprint density at radius 2 is 1.85 bits per heavy atom. The maximum absolute atomic E-state index is 13.3. The fourth-order valence-electron chi connectivity index (χ4n) is 3.94. The third-order valence-electron chi connectivity index (χ3n) is 5.44. The molecule has 1 N–H and O–H groups in total. The van der Waals surface area contributed by atoms with Crippen molar-refractivity contribution in [1.82, 2.24) is 9.47 Å². The molecule has 5 rings (SSSR count). The summed E-state index contributed by atoms with van der Waals surface area (Å²) in [4.78, 5) is 40.2. The van der Waals surface area contributed by atoms with Gasteiger partial charge in [-0.05, 0) is 47.5 Å². The van der Waals surface area contributed by atoms with E-state index >= 15 is 0 Å². The lowest BCUT2D eigenvalue weighted by molar-refractivity contribution is 0.0767. The predicted molar refractivity (Wildman–Crippen MR) is 129 cm³/mol. The van der Waals surface area contributed by atoms with E-state index in [1.165, 1.54) is 17.4 Å². The van der Waals surface area contributed by atoms with Crippen LogP contribution in [-0.2, 0) is 13.1 Å². The second kappa shape index (κ2) is 8.69. The molecule has 2 amide bonds. The summed E-state index contributed by atoms with van der Waals surface area (Å²) < 4.78 is 2.09. The van der Waals surface area contributed by atoms with Crippen molar-refractivity contribution in [3.8, 4) is 5.69 Å². The van der Waals surface area contributed by atoms with Crippen LogP contribution in [0, 0.1) is 0 Å². The highest BCUT2D eigenvalue weighted by Crippen LogP contribution is 2.31. The van der Waals surface area contributed by atoms with Gasteiger partial charge in [-0.1, -0.05) is 41.9 Å². The number of halogens is 1. The van der Waals surface area contributed by atoms with Crippen molar-refractivity contribution in [2.75, 3.05) is 5.32 Å². The van der Waals surface area contributed by atoms with Crippen molar-refractivity contribution in [1.29, 1.82) is 0 Å². The first-order valence-corrected chi connectivity index (χ1v) is 11.4. The molecule has 0 spiro atoms. The quantitative estimate of drug-likeness (QED) is 0.443. The molecule has 164 valence electrons. The van der Waals surface area contributed by atoms with Crippen LogP contribution in [0.15, 0.2) is 83.8 Å². The number of anilines is 1. The largest absolute Gasteiger partial charge is 0.330 e. The van der Waals surface area contributed by atoms with E-state index in [1.54, 1.807) is 46.0 Å². The smallest absolute Gasteiger partial charge is 0.265 e. The number of nitrogens with one attached hydrogen (secondary N) is 1. The summed E-state index contributed by atoms with van der Waals surface area (Å²) in [6, 6.07) is 21.3. The number of hydrogen-bond acceptors (Lipinski definition) is 4. The average molecular weight is 476 g/mol. The zero-order valence-electron chi connectivity index (χ0n) is 17.3. The zero-order valence-corrected chi connectivity index (χ0v) is 18.9. The van der Waals surface area contributed by atoms with Gasteiger partial charge in [0.25, 0.3) is 17.4 Å². The summed E-state index contributed by atoms with van der Waals surface area (Å²) in [7, 11) is 0. The lowest BCUT2D eigenvalue weighted by Crippen LogP contribution is -2.24. The van der Waals surface area contributed by atoms with Gasteiger partial charge in [-0.15, -0.1) is 11.3 Å². The summed E-state index contributed by atoms with van der Waals surface area (Å²) in [5, 5.41) is 2.85. The molecule has 0 bridgehead atoms. The molecule has 0 atom stereocenters. The Morgan fingerprint density at radius 1 is 1.00 bits per heavy atom. The molecule has 33 heavy (non-hydrogen) atoms. The third-order valence-corrected chi connectivity index (χ3v) is 6.67. The fraction of sp³-hybridized carbons (Fsp3) is 0.0800. The average Bonchev–Trinajstić information content (AvgIpc) is 3.38. The molecule has 2 aromatic heterocycles. The van der Waals surface area contributed by atoms with Gasteiger partial charge in [0, 0.05) is 31.0 Å². The number of nitrogens with zero attached hydrogens (tertiary/aromatic N) is 2. The summed E-state index contributed by atoms with van der Waals surface area (Å²) in [6.07, 6.45) is 1.72. The molecule has 0 aliphatic carbocycles. The van der Waals surface area contributed by atoms with Gasteiger partial charge < -0.3 is 10.2 Å². The Labute approximate surface area is 198 Å². The van der Waals surface area contributed by atoms with Gasteiger partial charge >= 0.3 is 0 Å². The monoisotopic (exact) mass is 475 g/mol. The standard InChI is InChI=1S/C25H18ClN3O3S/c26-21-11-10-20(33-21)24(31)27-19-8-4-6-17-15-28(25(32)23(17)19)14-16-5-3-7-18(13-16)29-12-2-1-9-22(29)30/h1-13H,14-15H2,(H,27,31). The highest BCUT2D eigenvalue weighted by Gasteiger charge is 2.30. The molecule has 0 fully saturated rings. The lowest BCUT2D eigenvalue weighted by Gasteiger charge is -2.17. The molecule has 4 aromatic rings. The molecule has 1 aliphatic heterocycles. The molecule has 1 aliphatic rings. The number of aromatic nitrogens is 1. The number of thiophene rings is 1. The molecule has 3 heterocycles. The van der Waals surface area contributed by atoms with E-state index in [0.717, 1.165) is 16.8 Å². The van der Waals surface area contributed by atoms with Crippen LogP contribution < -0.4 is 10.9 Å². The van der Waals surface area contributed by atoms with E-state index in [0.29, 0.717) is 33.6 Å². The van der Waals surface area contributed by atoms with Crippen molar-refractivity contribution in [3.63, 3.8) is 0 Å². The van der Waals surface area contributed by atoms with Gasteiger partial charge in [0.1, 0.15) is 0 Å². The Morgan fingerprint density at radius 3 is 2.64 bits per heavy atom. The number of carbonyl (C=O) groups excluding carboxylic acids is 2. The molecule has 2 aromatic carbocycles. The first-order valence-electron chi connectivity index (χ1n) is 10.2. The zero-order chi connectivity index (χ0) is 22.9. The van der Waals surface area contributed by atoms with E-state index in [1.807, 2.05) is 36.4 Å². The van der Waals surface area contributed by atoms with Gasteiger partial charge in [0.2, 0.25) is 0 Å². The maximum Gasteiger partial charge on any atom is 0.265 e. The lowest BCUT2D eigenvalue weighted by atomic mass is 10.1. The SMILES string of the molecule is O=C(Nc1cccc2c1C(=O)N(Cc1cccc(-n3ccccc3=O)c1)C2)c1ccc(Cl)s1. The minimum Gasteiger partial charge on any atom is -0.330 e. The van der Waals surface area contributed by atoms with Crippen LogP contribution in [0.3, 0.4) is 0 Å². The summed E-state index contributed by atoms with van der Waals surface area (Å²) in [5.74, 6) is -0.444. The number of amides is 2. The Bertz CT molecular complexity index is 1440. The molecule has 0 unspecified atom stereocenters. The number of rotatable bonds is 5. The third kappa shape index (κ3) is 4.20. The van der Waals surface area contributed by atoms with Crippen LogP contribution in [0.1, 0.15) is 31.2 Å². The normalized spacial score (nSPS) is 12.6. The second-order valence-electron chi connectivity index (χ2n) is 7.64. The molecule has 0 radical (unpaired) electrons. The molecule has 6 nitrogen and oxygen atoms in total. The van der Waals surface area contributed by atoms with Crippen LogP contribution >= 0.6 is 22.9 Å². The number of fused-ring (bicyclic) bond motifs is 1. The number of hydrogen-bond donors (Lipinski definition) is 1. The van der Waals surface area contributed by atoms with E-state index in [9.17, 15) is 14.4 Å². The van der Waals surface area contributed by atoms with Crippen molar-refractivity contribution < 1.29 is 9.59 Å². The highest BCUT2D eigenvalue weighted by molar-refractivity contribution is 7.18. The van der Waals surface area contributed by atoms with E-state index < -0.39 is 0 Å². The topological polar surface area (TPSA) is 71.4 Å². The van der Waals surface area contributed by atoms with Gasteiger partial charge in [0.05, 0.1) is 20.5 Å². The second-order valence-corrected chi connectivity index (χ2v) is 9.35.